The van der Waals surface area contributed by atoms with E-state index in [0.29, 0.717) is 5.58 Å². The quantitative estimate of drug-likeness (QED) is 0.666. The van der Waals surface area contributed by atoms with Gasteiger partial charge in [0.1, 0.15) is 5.58 Å². The van der Waals surface area contributed by atoms with E-state index in [-0.39, 0.29) is 5.63 Å². The molecular weight excluding hydrogens is 306 g/mol. The van der Waals surface area contributed by atoms with Crippen LogP contribution in [0.1, 0.15) is 27.1 Å². The second-order valence-corrected chi connectivity index (χ2v) is 7.22. The Morgan fingerprint density at radius 3 is 2.48 bits per heavy atom. The highest BCUT2D eigenvalue weighted by Gasteiger charge is 2.11. The lowest BCUT2D eigenvalue weighted by Crippen LogP contribution is -2.18. The van der Waals surface area contributed by atoms with Crippen molar-refractivity contribution in [3.05, 3.63) is 67.2 Å². The van der Waals surface area contributed by atoms with Gasteiger partial charge in [-0.3, -0.25) is 4.90 Å². The van der Waals surface area contributed by atoms with Gasteiger partial charge in [0.2, 0.25) is 0 Å². The second kappa shape index (κ2) is 6.30. The van der Waals surface area contributed by atoms with Crippen LogP contribution in [0.15, 0.2) is 38.9 Å². The Labute approximate surface area is 140 Å². The number of hydrogen-bond acceptors (Lipinski definition) is 4. The lowest BCUT2D eigenvalue weighted by molar-refractivity contribution is 0.321. The molecule has 0 bridgehead atoms. The summed E-state index contributed by atoms with van der Waals surface area (Å²) < 4.78 is 5.37. The minimum Gasteiger partial charge on any atom is -0.423 e. The van der Waals surface area contributed by atoms with Crippen LogP contribution >= 0.6 is 11.3 Å². The van der Waals surface area contributed by atoms with Crippen LogP contribution in [-0.2, 0) is 13.1 Å². The molecule has 3 nitrogen and oxygen atoms in total. The maximum absolute atomic E-state index is 11.9. The minimum atomic E-state index is -0.281. The first-order chi connectivity index (χ1) is 10.9. The fourth-order valence-corrected chi connectivity index (χ4v) is 3.76. The summed E-state index contributed by atoms with van der Waals surface area (Å²) in [6, 6.07) is 7.84. The zero-order chi connectivity index (χ0) is 16.6. The van der Waals surface area contributed by atoms with Crippen molar-refractivity contribution in [3.63, 3.8) is 0 Å². The van der Waals surface area contributed by atoms with E-state index >= 15 is 0 Å². The fraction of sp³-hybridized carbons (Fsp3) is 0.316. The molecule has 0 aliphatic rings. The summed E-state index contributed by atoms with van der Waals surface area (Å²) in [6.07, 6.45) is 0. The third-order valence-corrected chi connectivity index (χ3v) is 5.27. The van der Waals surface area contributed by atoms with Gasteiger partial charge in [0.25, 0.3) is 0 Å². The Bertz CT molecular complexity index is 907. The molecule has 3 rings (SSSR count). The molecule has 0 saturated heterocycles. The molecule has 2 heterocycles. The van der Waals surface area contributed by atoms with Crippen LogP contribution in [-0.4, -0.2) is 11.9 Å². The van der Waals surface area contributed by atoms with E-state index < -0.39 is 0 Å². The number of benzene rings is 1. The Hall–Kier alpha value is -1.91. The molecule has 0 aliphatic heterocycles. The average molecular weight is 327 g/mol. The van der Waals surface area contributed by atoms with Gasteiger partial charge in [0.05, 0.1) is 0 Å². The molecule has 4 heteroatoms. The maximum Gasteiger partial charge on any atom is 0.336 e. The maximum atomic E-state index is 11.9. The van der Waals surface area contributed by atoms with E-state index in [0.717, 1.165) is 29.6 Å². The van der Waals surface area contributed by atoms with Crippen LogP contribution in [0.5, 0.6) is 0 Å². The van der Waals surface area contributed by atoms with Crippen molar-refractivity contribution in [1.82, 2.24) is 4.90 Å². The average Bonchev–Trinajstić information content (AvgIpc) is 2.86. The van der Waals surface area contributed by atoms with E-state index in [1.807, 2.05) is 13.0 Å². The summed E-state index contributed by atoms with van der Waals surface area (Å²) in [5, 5.41) is 3.15. The first kappa shape index (κ1) is 16.0. The second-order valence-electron chi connectivity index (χ2n) is 6.22. The molecule has 0 amide bonds. The van der Waals surface area contributed by atoms with Crippen molar-refractivity contribution in [3.8, 4) is 0 Å². The number of thiophene rings is 1. The van der Waals surface area contributed by atoms with Gasteiger partial charge in [-0.1, -0.05) is 0 Å². The van der Waals surface area contributed by atoms with Crippen LogP contribution < -0.4 is 5.63 Å². The Morgan fingerprint density at radius 1 is 1.04 bits per heavy atom. The van der Waals surface area contributed by atoms with E-state index in [1.54, 1.807) is 17.4 Å². The van der Waals surface area contributed by atoms with Gasteiger partial charge in [0, 0.05) is 29.4 Å². The molecule has 23 heavy (non-hydrogen) atoms. The van der Waals surface area contributed by atoms with E-state index in [4.69, 9.17) is 4.42 Å². The molecule has 0 unspecified atom stereocenters. The van der Waals surface area contributed by atoms with Crippen molar-refractivity contribution in [2.45, 2.75) is 33.9 Å². The number of hydrogen-bond donors (Lipinski definition) is 0. The van der Waals surface area contributed by atoms with Crippen molar-refractivity contribution in [2.75, 3.05) is 7.05 Å². The number of rotatable bonds is 4. The lowest BCUT2D eigenvalue weighted by atomic mass is 10.0. The van der Waals surface area contributed by atoms with Gasteiger partial charge < -0.3 is 4.42 Å². The van der Waals surface area contributed by atoms with E-state index in [9.17, 15) is 4.79 Å². The predicted molar refractivity (Wildman–Crippen MR) is 96.2 cm³/mol. The van der Waals surface area contributed by atoms with E-state index in [2.05, 4.69) is 43.3 Å². The summed E-state index contributed by atoms with van der Waals surface area (Å²) in [7, 11) is 2.08. The van der Waals surface area contributed by atoms with Crippen LogP contribution in [0, 0.1) is 20.8 Å². The SMILES string of the molecule is Cc1cc2oc(=O)cc(CN(C)Cc3sccc3C)c2cc1C. The van der Waals surface area contributed by atoms with Crippen LogP contribution in [0.25, 0.3) is 11.0 Å². The molecule has 0 atom stereocenters. The first-order valence-electron chi connectivity index (χ1n) is 7.69. The minimum absolute atomic E-state index is 0.281. The largest absolute Gasteiger partial charge is 0.423 e. The normalized spacial score (nSPS) is 11.5. The van der Waals surface area contributed by atoms with Crippen LogP contribution in [0.2, 0.25) is 0 Å². The van der Waals surface area contributed by atoms with Crippen molar-refractivity contribution in [1.29, 1.82) is 0 Å². The highest BCUT2D eigenvalue weighted by atomic mass is 32.1. The summed E-state index contributed by atoms with van der Waals surface area (Å²) >= 11 is 1.78. The third kappa shape index (κ3) is 3.38. The molecule has 2 aromatic heterocycles. The summed E-state index contributed by atoms with van der Waals surface area (Å²) in [5.41, 5.74) is 5.10. The Morgan fingerprint density at radius 2 is 1.78 bits per heavy atom. The van der Waals surface area contributed by atoms with Crippen LogP contribution in [0.3, 0.4) is 0 Å². The fourth-order valence-electron chi connectivity index (χ4n) is 2.77. The molecule has 1 aromatic carbocycles. The molecular formula is C19H21NO2S. The van der Waals surface area contributed by atoms with E-state index in [1.165, 1.54) is 16.0 Å². The topological polar surface area (TPSA) is 33.5 Å². The molecule has 0 aliphatic carbocycles. The summed E-state index contributed by atoms with van der Waals surface area (Å²) in [4.78, 5) is 15.5. The number of aryl methyl sites for hydroxylation is 3. The van der Waals surface area contributed by atoms with Gasteiger partial charge in [-0.25, -0.2) is 4.79 Å². The monoisotopic (exact) mass is 327 g/mol. The summed E-state index contributed by atoms with van der Waals surface area (Å²) in [5.74, 6) is 0. The molecule has 0 saturated carbocycles. The summed E-state index contributed by atoms with van der Waals surface area (Å²) in [6.45, 7) is 7.87. The highest BCUT2D eigenvalue weighted by molar-refractivity contribution is 7.10. The van der Waals surface area contributed by atoms with Gasteiger partial charge in [-0.15, -0.1) is 11.3 Å². The molecule has 0 N–H and O–H groups in total. The third-order valence-electron chi connectivity index (χ3n) is 4.27. The molecule has 0 spiro atoms. The van der Waals surface area contributed by atoms with Crippen molar-refractivity contribution >= 4 is 22.3 Å². The number of fused-ring (bicyclic) bond motifs is 1. The first-order valence-corrected chi connectivity index (χ1v) is 8.57. The number of nitrogens with zero attached hydrogens (tertiary/aromatic N) is 1. The van der Waals surface area contributed by atoms with Gasteiger partial charge >= 0.3 is 5.63 Å². The molecule has 0 radical (unpaired) electrons. The standard InChI is InChI=1S/C19H21NO2S/c1-12-5-6-23-18(12)11-20(4)10-15-9-19(21)22-17-8-14(3)13(2)7-16(15)17/h5-9H,10-11H2,1-4H3. The zero-order valence-corrected chi connectivity index (χ0v) is 14.8. The molecule has 0 fully saturated rings. The lowest BCUT2D eigenvalue weighted by Gasteiger charge is -2.17. The van der Waals surface area contributed by atoms with Gasteiger partial charge in [-0.2, -0.15) is 0 Å². The van der Waals surface area contributed by atoms with Gasteiger partial charge in [0.15, 0.2) is 0 Å². The zero-order valence-electron chi connectivity index (χ0n) is 14.0. The van der Waals surface area contributed by atoms with Crippen molar-refractivity contribution in [2.24, 2.45) is 0 Å². The molecule has 3 aromatic rings. The highest BCUT2D eigenvalue weighted by Crippen LogP contribution is 2.24. The molecule has 120 valence electrons. The van der Waals surface area contributed by atoms with Gasteiger partial charge in [-0.05, 0) is 73.7 Å². The Kier molecular flexibility index (Phi) is 4.37. The Balaban J connectivity index is 1.94. The smallest absolute Gasteiger partial charge is 0.336 e. The van der Waals surface area contributed by atoms with Crippen molar-refractivity contribution < 1.29 is 4.42 Å². The predicted octanol–water partition coefficient (Wildman–Crippen LogP) is 4.41. The van der Waals surface area contributed by atoms with Crippen LogP contribution in [0.4, 0.5) is 0 Å².